The zero-order valence-corrected chi connectivity index (χ0v) is 11.6. The van der Waals surface area contributed by atoms with E-state index in [2.05, 4.69) is 16.5 Å². The summed E-state index contributed by atoms with van der Waals surface area (Å²) in [6, 6.07) is 2.12. The molecule has 1 aromatic heterocycles. The number of hydrogen-bond donors (Lipinski definition) is 1. The fraction of sp³-hybridized carbons (Fsp3) is 0.615. The van der Waals surface area contributed by atoms with E-state index in [-0.39, 0.29) is 5.91 Å². The third kappa shape index (κ3) is 3.55. The summed E-state index contributed by atoms with van der Waals surface area (Å²) < 4.78 is 6.64. The lowest BCUT2D eigenvalue weighted by molar-refractivity contribution is -0.123. The molecule has 6 nitrogen and oxygen atoms in total. The summed E-state index contributed by atoms with van der Waals surface area (Å²) in [5.74, 6) is -0.272. The molecule has 1 amide bonds. The van der Waals surface area contributed by atoms with Crippen molar-refractivity contribution in [2.24, 2.45) is 5.41 Å². The predicted octanol–water partition coefficient (Wildman–Crippen LogP) is 1.80. The second kappa shape index (κ2) is 6.90. The maximum absolute atomic E-state index is 12.2. The van der Waals surface area contributed by atoms with Gasteiger partial charge in [-0.1, -0.05) is 13.8 Å². The van der Waals surface area contributed by atoms with E-state index in [9.17, 15) is 10.1 Å². The van der Waals surface area contributed by atoms with E-state index in [0.29, 0.717) is 31.7 Å². The van der Waals surface area contributed by atoms with Crippen molar-refractivity contribution in [2.45, 2.75) is 33.2 Å². The molecule has 0 atom stereocenters. The SMILES string of the molecule is CCC(C#N)(CC)C(=O)Nc1cnn(CCOC)c1. The number of hydrogen-bond acceptors (Lipinski definition) is 4. The van der Waals surface area contributed by atoms with Gasteiger partial charge in [-0.15, -0.1) is 0 Å². The van der Waals surface area contributed by atoms with E-state index >= 15 is 0 Å². The molecule has 0 aliphatic heterocycles. The maximum Gasteiger partial charge on any atom is 0.244 e. The fourth-order valence-corrected chi connectivity index (χ4v) is 1.77. The molecule has 0 spiro atoms. The molecule has 0 bridgehead atoms. The zero-order valence-electron chi connectivity index (χ0n) is 11.6. The van der Waals surface area contributed by atoms with Gasteiger partial charge in [-0.05, 0) is 12.8 Å². The van der Waals surface area contributed by atoms with Crippen molar-refractivity contribution in [3.8, 4) is 6.07 Å². The average Bonchev–Trinajstić information content (AvgIpc) is 2.86. The van der Waals surface area contributed by atoms with E-state index in [1.54, 1.807) is 24.2 Å². The molecule has 0 unspecified atom stereocenters. The molecule has 6 heteroatoms. The Balaban J connectivity index is 2.71. The van der Waals surface area contributed by atoms with Gasteiger partial charge in [-0.2, -0.15) is 10.4 Å². The van der Waals surface area contributed by atoms with Gasteiger partial charge in [0.1, 0.15) is 5.41 Å². The molecule has 1 N–H and O–H groups in total. The Morgan fingerprint density at radius 2 is 2.26 bits per heavy atom. The number of nitrogens with zero attached hydrogens (tertiary/aromatic N) is 3. The first-order chi connectivity index (χ1) is 9.11. The number of nitrogens with one attached hydrogen (secondary N) is 1. The molecule has 0 saturated carbocycles. The molecule has 19 heavy (non-hydrogen) atoms. The van der Waals surface area contributed by atoms with E-state index < -0.39 is 5.41 Å². The molecule has 0 aromatic carbocycles. The summed E-state index contributed by atoms with van der Waals surface area (Å²) in [6.45, 7) is 4.86. The van der Waals surface area contributed by atoms with Gasteiger partial charge < -0.3 is 10.1 Å². The summed E-state index contributed by atoms with van der Waals surface area (Å²) in [5.41, 5.74) is -0.364. The van der Waals surface area contributed by atoms with Gasteiger partial charge in [-0.3, -0.25) is 9.48 Å². The van der Waals surface area contributed by atoms with Gasteiger partial charge in [0.15, 0.2) is 0 Å². The number of rotatable bonds is 7. The topological polar surface area (TPSA) is 79.9 Å². The normalized spacial score (nSPS) is 11.1. The monoisotopic (exact) mass is 264 g/mol. The number of carbonyl (C=O) groups is 1. The molecule has 0 aliphatic rings. The Labute approximate surface area is 113 Å². The van der Waals surface area contributed by atoms with Crippen molar-refractivity contribution >= 4 is 11.6 Å². The van der Waals surface area contributed by atoms with Gasteiger partial charge in [0.25, 0.3) is 0 Å². The Hall–Kier alpha value is -1.87. The van der Waals surface area contributed by atoms with Crippen LogP contribution in [0.15, 0.2) is 12.4 Å². The largest absolute Gasteiger partial charge is 0.383 e. The molecule has 0 saturated heterocycles. The van der Waals surface area contributed by atoms with Crippen molar-refractivity contribution in [3.63, 3.8) is 0 Å². The minimum Gasteiger partial charge on any atom is -0.383 e. The first kappa shape index (κ1) is 15.2. The van der Waals surface area contributed by atoms with Crippen LogP contribution in [0, 0.1) is 16.7 Å². The number of anilines is 1. The highest BCUT2D eigenvalue weighted by molar-refractivity contribution is 5.96. The Bertz CT molecular complexity index is 457. The third-order valence-electron chi connectivity index (χ3n) is 3.27. The molecule has 1 rings (SSSR count). The van der Waals surface area contributed by atoms with Crippen molar-refractivity contribution in [3.05, 3.63) is 12.4 Å². The lowest BCUT2D eigenvalue weighted by Crippen LogP contribution is -2.33. The van der Waals surface area contributed by atoms with E-state index in [1.807, 2.05) is 13.8 Å². The van der Waals surface area contributed by atoms with Crippen LogP contribution >= 0.6 is 0 Å². The van der Waals surface area contributed by atoms with Crippen molar-refractivity contribution < 1.29 is 9.53 Å². The fourth-order valence-electron chi connectivity index (χ4n) is 1.77. The highest BCUT2D eigenvalue weighted by Crippen LogP contribution is 2.27. The Morgan fingerprint density at radius 3 is 2.79 bits per heavy atom. The van der Waals surface area contributed by atoms with E-state index in [1.165, 1.54) is 0 Å². The first-order valence-corrected chi connectivity index (χ1v) is 6.36. The van der Waals surface area contributed by atoms with Gasteiger partial charge >= 0.3 is 0 Å². The van der Waals surface area contributed by atoms with Crippen LogP contribution < -0.4 is 5.32 Å². The van der Waals surface area contributed by atoms with Gasteiger partial charge in [-0.25, -0.2) is 0 Å². The number of ether oxygens (including phenoxy) is 1. The minimum atomic E-state index is -0.964. The summed E-state index contributed by atoms with van der Waals surface area (Å²) >= 11 is 0. The third-order valence-corrected chi connectivity index (χ3v) is 3.27. The van der Waals surface area contributed by atoms with Crippen LogP contribution in [0.25, 0.3) is 0 Å². The molecule has 0 fully saturated rings. The van der Waals surface area contributed by atoms with Crippen molar-refractivity contribution in [1.82, 2.24) is 9.78 Å². The van der Waals surface area contributed by atoms with Crippen LogP contribution in [0.1, 0.15) is 26.7 Å². The molecule has 1 aromatic rings. The molecular formula is C13H20N4O2. The summed E-state index contributed by atoms with van der Waals surface area (Å²) in [5, 5.41) is 16.1. The highest BCUT2D eigenvalue weighted by atomic mass is 16.5. The van der Waals surface area contributed by atoms with Crippen molar-refractivity contribution in [1.29, 1.82) is 5.26 Å². The summed E-state index contributed by atoms with van der Waals surface area (Å²) in [4.78, 5) is 12.2. The van der Waals surface area contributed by atoms with Gasteiger partial charge in [0.2, 0.25) is 5.91 Å². The van der Waals surface area contributed by atoms with Gasteiger partial charge in [0.05, 0.1) is 31.1 Å². The number of methoxy groups -OCH3 is 1. The Kier molecular flexibility index (Phi) is 5.52. The zero-order chi connectivity index (χ0) is 14.3. The van der Waals surface area contributed by atoms with Crippen LogP contribution in [0.5, 0.6) is 0 Å². The molecule has 104 valence electrons. The second-order valence-electron chi connectivity index (χ2n) is 4.34. The number of aromatic nitrogens is 2. The molecule has 0 radical (unpaired) electrons. The molecule has 0 aliphatic carbocycles. The minimum absolute atomic E-state index is 0.272. The van der Waals surface area contributed by atoms with E-state index in [4.69, 9.17) is 4.74 Å². The standard InChI is InChI=1S/C13H20N4O2/c1-4-13(5-2,10-14)12(18)16-11-8-15-17(9-11)6-7-19-3/h8-9H,4-7H2,1-3H3,(H,16,18). The number of nitriles is 1. The summed E-state index contributed by atoms with van der Waals surface area (Å²) in [7, 11) is 1.62. The number of carbonyl (C=O) groups excluding carboxylic acids is 1. The van der Waals surface area contributed by atoms with Crippen LogP contribution in [-0.4, -0.2) is 29.4 Å². The predicted molar refractivity (Wildman–Crippen MR) is 71.4 cm³/mol. The first-order valence-electron chi connectivity index (χ1n) is 6.36. The quantitative estimate of drug-likeness (QED) is 0.814. The molecular weight excluding hydrogens is 244 g/mol. The maximum atomic E-state index is 12.2. The van der Waals surface area contributed by atoms with Crippen LogP contribution in [0.3, 0.4) is 0 Å². The second-order valence-corrected chi connectivity index (χ2v) is 4.34. The van der Waals surface area contributed by atoms with Gasteiger partial charge in [0, 0.05) is 13.3 Å². The summed E-state index contributed by atoms with van der Waals surface area (Å²) in [6.07, 6.45) is 4.28. The molecule has 1 heterocycles. The van der Waals surface area contributed by atoms with E-state index in [0.717, 1.165) is 0 Å². The van der Waals surface area contributed by atoms with Crippen molar-refractivity contribution in [2.75, 3.05) is 19.0 Å². The van der Waals surface area contributed by atoms with Crippen LogP contribution in [-0.2, 0) is 16.1 Å². The highest BCUT2D eigenvalue weighted by Gasteiger charge is 2.35. The smallest absolute Gasteiger partial charge is 0.244 e. The lowest BCUT2D eigenvalue weighted by atomic mass is 9.83. The lowest BCUT2D eigenvalue weighted by Gasteiger charge is -2.21. The number of amides is 1. The van der Waals surface area contributed by atoms with Crippen LogP contribution in [0.4, 0.5) is 5.69 Å². The average molecular weight is 264 g/mol. The van der Waals surface area contributed by atoms with Crippen LogP contribution in [0.2, 0.25) is 0 Å². The Morgan fingerprint density at radius 1 is 1.58 bits per heavy atom.